The van der Waals surface area contributed by atoms with Crippen LogP contribution in [0.1, 0.15) is 26.3 Å². The van der Waals surface area contributed by atoms with E-state index in [1.54, 1.807) is 7.11 Å². The van der Waals surface area contributed by atoms with E-state index in [-0.39, 0.29) is 35.9 Å². The van der Waals surface area contributed by atoms with Crippen LogP contribution in [0.3, 0.4) is 0 Å². The van der Waals surface area contributed by atoms with Gasteiger partial charge in [-0.2, -0.15) is 0 Å². The Morgan fingerprint density at radius 1 is 1.30 bits per heavy atom. The number of methoxy groups -OCH3 is 1. The largest absolute Gasteiger partial charge is 0.497 e. The molecule has 0 aromatic heterocycles. The van der Waals surface area contributed by atoms with Crippen molar-refractivity contribution in [1.82, 2.24) is 0 Å². The first kappa shape index (κ1) is 17.5. The molecule has 0 N–H and O–H groups in total. The SMILES string of the molecule is C=CC(C)[C@H](OCc1ccc(OC)cc1)[C@H](C)[C@@H]1OC(=O)[C@@H]1C. The standard InChI is InChI=1S/C19H26O4/c1-6-12(2)17(13(3)18-14(4)19(20)23-18)22-11-15-7-9-16(21-5)10-8-15/h6-10,12-14,17-18H,1,11H2,2-5H3/t12?,13-,14+,17-,18-/m0/s1. The third-order valence-electron chi connectivity index (χ3n) is 4.64. The number of hydrogen-bond donors (Lipinski definition) is 0. The molecule has 23 heavy (non-hydrogen) atoms. The van der Waals surface area contributed by atoms with Crippen molar-refractivity contribution in [3.63, 3.8) is 0 Å². The van der Waals surface area contributed by atoms with Crippen molar-refractivity contribution in [3.05, 3.63) is 42.5 Å². The summed E-state index contributed by atoms with van der Waals surface area (Å²) in [5, 5.41) is 0. The topological polar surface area (TPSA) is 44.8 Å². The van der Waals surface area contributed by atoms with Crippen molar-refractivity contribution in [3.8, 4) is 5.75 Å². The lowest BCUT2D eigenvalue weighted by Crippen LogP contribution is -2.51. The quantitative estimate of drug-likeness (QED) is 0.543. The Morgan fingerprint density at radius 3 is 2.43 bits per heavy atom. The van der Waals surface area contributed by atoms with Crippen LogP contribution in [0.15, 0.2) is 36.9 Å². The third kappa shape index (κ3) is 3.94. The lowest BCUT2D eigenvalue weighted by Gasteiger charge is -2.41. The van der Waals surface area contributed by atoms with Gasteiger partial charge in [0.15, 0.2) is 0 Å². The van der Waals surface area contributed by atoms with E-state index in [2.05, 4.69) is 20.4 Å². The normalized spacial score (nSPS) is 24.1. The summed E-state index contributed by atoms with van der Waals surface area (Å²) in [4.78, 5) is 11.4. The van der Waals surface area contributed by atoms with Gasteiger partial charge in [-0.05, 0) is 24.6 Å². The molecule has 1 saturated heterocycles. The van der Waals surface area contributed by atoms with E-state index < -0.39 is 0 Å². The van der Waals surface area contributed by atoms with Crippen LogP contribution >= 0.6 is 0 Å². The molecule has 0 bridgehead atoms. The number of carbonyl (C=O) groups excluding carboxylic acids is 1. The molecule has 0 radical (unpaired) electrons. The molecule has 0 saturated carbocycles. The zero-order valence-electron chi connectivity index (χ0n) is 14.3. The highest BCUT2D eigenvalue weighted by Crippen LogP contribution is 2.34. The Bertz CT molecular complexity index is 537. The van der Waals surface area contributed by atoms with Gasteiger partial charge in [0.2, 0.25) is 0 Å². The summed E-state index contributed by atoms with van der Waals surface area (Å²) in [6.07, 6.45) is 1.77. The molecule has 0 amide bonds. The molecule has 1 aromatic carbocycles. The molecule has 4 nitrogen and oxygen atoms in total. The first-order valence-corrected chi connectivity index (χ1v) is 8.05. The Hall–Kier alpha value is -1.81. The first-order chi connectivity index (χ1) is 11.0. The summed E-state index contributed by atoms with van der Waals surface area (Å²) < 4.78 is 16.6. The summed E-state index contributed by atoms with van der Waals surface area (Å²) in [6.45, 7) is 10.4. The van der Waals surface area contributed by atoms with Gasteiger partial charge in [-0.1, -0.05) is 32.1 Å². The predicted octanol–water partition coefficient (Wildman–Crippen LogP) is 3.60. The van der Waals surface area contributed by atoms with Crippen molar-refractivity contribution in [1.29, 1.82) is 0 Å². The van der Waals surface area contributed by atoms with Crippen LogP contribution in [0.5, 0.6) is 5.75 Å². The van der Waals surface area contributed by atoms with E-state index in [0.717, 1.165) is 11.3 Å². The van der Waals surface area contributed by atoms with E-state index in [1.807, 2.05) is 37.3 Å². The first-order valence-electron chi connectivity index (χ1n) is 8.05. The number of cyclic esters (lactones) is 1. The van der Waals surface area contributed by atoms with Gasteiger partial charge in [-0.15, -0.1) is 6.58 Å². The lowest BCUT2D eigenvalue weighted by atomic mass is 9.81. The predicted molar refractivity (Wildman–Crippen MR) is 89.1 cm³/mol. The molecule has 2 rings (SSSR count). The highest BCUT2D eigenvalue weighted by Gasteiger charge is 2.45. The monoisotopic (exact) mass is 318 g/mol. The van der Waals surface area contributed by atoms with Gasteiger partial charge in [0, 0.05) is 11.8 Å². The Kier molecular flexibility index (Phi) is 5.83. The number of ether oxygens (including phenoxy) is 3. The molecule has 1 fully saturated rings. The molecule has 126 valence electrons. The maximum Gasteiger partial charge on any atom is 0.312 e. The van der Waals surface area contributed by atoms with Crippen LogP contribution < -0.4 is 4.74 Å². The Morgan fingerprint density at radius 2 is 1.96 bits per heavy atom. The van der Waals surface area contributed by atoms with Gasteiger partial charge < -0.3 is 14.2 Å². The van der Waals surface area contributed by atoms with E-state index >= 15 is 0 Å². The van der Waals surface area contributed by atoms with Crippen LogP contribution in [-0.2, 0) is 20.9 Å². The molecule has 4 heteroatoms. The number of esters is 1. The molecule has 5 atom stereocenters. The van der Waals surface area contributed by atoms with Gasteiger partial charge in [0.05, 0.1) is 25.7 Å². The van der Waals surface area contributed by atoms with Gasteiger partial charge in [-0.25, -0.2) is 0 Å². The number of hydrogen-bond acceptors (Lipinski definition) is 4. The van der Waals surface area contributed by atoms with Crippen LogP contribution in [0.4, 0.5) is 0 Å². The second-order valence-corrected chi connectivity index (χ2v) is 6.27. The average Bonchev–Trinajstić information content (AvgIpc) is 2.59. The van der Waals surface area contributed by atoms with Crippen molar-refractivity contribution in [2.24, 2.45) is 17.8 Å². The van der Waals surface area contributed by atoms with Crippen molar-refractivity contribution >= 4 is 5.97 Å². The zero-order chi connectivity index (χ0) is 17.0. The smallest absolute Gasteiger partial charge is 0.312 e. The number of rotatable bonds is 8. The van der Waals surface area contributed by atoms with Crippen LogP contribution in [-0.4, -0.2) is 25.3 Å². The summed E-state index contributed by atoms with van der Waals surface area (Å²) in [6, 6.07) is 7.82. The highest BCUT2D eigenvalue weighted by atomic mass is 16.6. The second-order valence-electron chi connectivity index (χ2n) is 6.27. The molecule has 1 aliphatic heterocycles. The van der Waals surface area contributed by atoms with E-state index in [1.165, 1.54) is 0 Å². The van der Waals surface area contributed by atoms with Gasteiger partial charge in [0.1, 0.15) is 11.9 Å². The maximum absolute atomic E-state index is 11.4. The molecule has 0 aliphatic carbocycles. The minimum absolute atomic E-state index is 0.0462. The minimum atomic E-state index is -0.123. The van der Waals surface area contributed by atoms with Crippen LogP contribution in [0.2, 0.25) is 0 Å². The van der Waals surface area contributed by atoms with Crippen molar-refractivity contribution in [2.75, 3.05) is 7.11 Å². The van der Waals surface area contributed by atoms with E-state index in [0.29, 0.717) is 6.61 Å². The molecular formula is C19H26O4. The molecular weight excluding hydrogens is 292 g/mol. The molecule has 1 heterocycles. The Balaban J connectivity index is 2.00. The summed E-state index contributed by atoms with van der Waals surface area (Å²) in [5.41, 5.74) is 1.08. The Labute approximate surface area is 138 Å². The van der Waals surface area contributed by atoms with Gasteiger partial charge in [-0.3, -0.25) is 4.79 Å². The molecule has 1 aliphatic rings. The van der Waals surface area contributed by atoms with E-state index in [4.69, 9.17) is 14.2 Å². The maximum atomic E-state index is 11.4. The highest BCUT2D eigenvalue weighted by molar-refractivity contribution is 5.78. The summed E-state index contributed by atoms with van der Waals surface area (Å²) in [7, 11) is 1.65. The van der Waals surface area contributed by atoms with Gasteiger partial charge >= 0.3 is 5.97 Å². The molecule has 1 unspecified atom stereocenters. The van der Waals surface area contributed by atoms with Crippen molar-refractivity contribution in [2.45, 2.75) is 39.6 Å². The fourth-order valence-corrected chi connectivity index (χ4v) is 2.99. The fraction of sp³-hybridized carbons (Fsp3) is 0.526. The minimum Gasteiger partial charge on any atom is -0.497 e. The average molecular weight is 318 g/mol. The third-order valence-corrected chi connectivity index (χ3v) is 4.64. The van der Waals surface area contributed by atoms with E-state index in [9.17, 15) is 4.79 Å². The lowest BCUT2D eigenvalue weighted by molar-refractivity contribution is -0.197. The fourth-order valence-electron chi connectivity index (χ4n) is 2.99. The zero-order valence-corrected chi connectivity index (χ0v) is 14.3. The molecule has 1 aromatic rings. The second kappa shape index (κ2) is 7.64. The summed E-state index contributed by atoms with van der Waals surface area (Å²) >= 11 is 0. The summed E-state index contributed by atoms with van der Waals surface area (Å²) in [5.74, 6) is 0.938. The molecule has 0 spiro atoms. The number of benzene rings is 1. The van der Waals surface area contributed by atoms with Crippen LogP contribution in [0.25, 0.3) is 0 Å². The van der Waals surface area contributed by atoms with Gasteiger partial charge in [0.25, 0.3) is 0 Å². The van der Waals surface area contributed by atoms with Crippen LogP contribution in [0, 0.1) is 17.8 Å². The van der Waals surface area contributed by atoms with Crippen molar-refractivity contribution < 1.29 is 19.0 Å². The number of carbonyl (C=O) groups is 1.